The Labute approximate surface area is 174 Å². The van der Waals surface area contributed by atoms with Crippen LogP contribution in [0.4, 0.5) is 5.69 Å². The molecule has 0 unspecified atom stereocenters. The summed E-state index contributed by atoms with van der Waals surface area (Å²) >= 11 is 0. The molecule has 7 nitrogen and oxygen atoms in total. The van der Waals surface area contributed by atoms with Gasteiger partial charge in [-0.05, 0) is 36.4 Å². The number of carbonyl (C=O) groups excluding carboxylic acids is 1. The second-order valence-electron chi connectivity index (χ2n) is 7.43. The summed E-state index contributed by atoms with van der Waals surface area (Å²) in [5, 5.41) is 0.877. The summed E-state index contributed by atoms with van der Waals surface area (Å²) in [5.74, 6) is 1.53. The minimum atomic E-state index is -0.459. The fourth-order valence-corrected chi connectivity index (χ4v) is 4.06. The molecule has 2 saturated heterocycles. The zero-order valence-corrected chi connectivity index (χ0v) is 16.9. The summed E-state index contributed by atoms with van der Waals surface area (Å²) < 4.78 is 22.3. The van der Waals surface area contributed by atoms with Gasteiger partial charge in [-0.25, -0.2) is 0 Å². The van der Waals surface area contributed by atoms with Crippen molar-refractivity contribution in [1.82, 2.24) is 4.90 Å². The van der Waals surface area contributed by atoms with Crippen LogP contribution in [0.2, 0.25) is 0 Å². The summed E-state index contributed by atoms with van der Waals surface area (Å²) in [7, 11) is 1.68. The first-order valence-corrected chi connectivity index (χ1v) is 10.2. The van der Waals surface area contributed by atoms with Crippen LogP contribution in [0.5, 0.6) is 5.75 Å². The van der Waals surface area contributed by atoms with Crippen LogP contribution in [0.1, 0.15) is 22.4 Å². The van der Waals surface area contributed by atoms with Crippen molar-refractivity contribution in [3.05, 3.63) is 59.9 Å². The van der Waals surface area contributed by atoms with Gasteiger partial charge in [-0.2, -0.15) is 0 Å². The highest BCUT2D eigenvalue weighted by Crippen LogP contribution is 2.31. The second kappa shape index (κ2) is 8.01. The summed E-state index contributed by atoms with van der Waals surface area (Å²) in [5.41, 5.74) is 2.45. The number of hydrogen-bond acceptors (Lipinski definition) is 6. The lowest BCUT2D eigenvalue weighted by Gasteiger charge is -2.36. The first-order valence-electron chi connectivity index (χ1n) is 10.2. The van der Waals surface area contributed by atoms with Crippen molar-refractivity contribution >= 4 is 22.6 Å². The lowest BCUT2D eigenvalue weighted by molar-refractivity contribution is -0.0579. The summed E-state index contributed by atoms with van der Waals surface area (Å²) in [6.45, 7) is 3.98. The minimum Gasteiger partial charge on any atom is -0.495 e. The molecule has 1 aromatic heterocycles. The Hall–Kier alpha value is -3.03. The van der Waals surface area contributed by atoms with Gasteiger partial charge in [0, 0.05) is 37.1 Å². The van der Waals surface area contributed by atoms with Crippen LogP contribution in [-0.2, 0) is 9.47 Å². The van der Waals surface area contributed by atoms with Gasteiger partial charge in [-0.1, -0.05) is 12.1 Å². The lowest BCUT2D eigenvalue weighted by atomic mass is 10.1. The third kappa shape index (κ3) is 3.51. The SMILES string of the molecule is COc1ccccc1N1CCN(C(=O)c2ccc3oc(C4OCCO4)cc3c2)CC1. The van der Waals surface area contributed by atoms with Gasteiger partial charge in [0.15, 0.2) is 5.76 Å². The molecule has 0 radical (unpaired) electrons. The van der Waals surface area contributed by atoms with Crippen LogP contribution in [0, 0.1) is 0 Å². The molecule has 0 N–H and O–H groups in total. The topological polar surface area (TPSA) is 64.4 Å². The minimum absolute atomic E-state index is 0.0349. The molecule has 0 spiro atoms. The molecule has 2 fully saturated rings. The Kier molecular flexibility index (Phi) is 5.06. The Morgan fingerprint density at radius 3 is 2.53 bits per heavy atom. The maximum Gasteiger partial charge on any atom is 0.254 e. The smallest absolute Gasteiger partial charge is 0.254 e. The van der Waals surface area contributed by atoms with Crippen molar-refractivity contribution in [3.8, 4) is 5.75 Å². The van der Waals surface area contributed by atoms with E-state index in [9.17, 15) is 4.79 Å². The molecular formula is C23H24N2O5. The number of anilines is 1. The highest BCUT2D eigenvalue weighted by atomic mass is 16.7. The fourth-order valence-electron chi connectivity index (χ4n) is 4.06. The number of rotatable bonds is 4. The number of nitrogens with zero attached hydrogens (tertiary/aromatic N) is 2. The average Bonchev–Trinajstić information content (AvgIpc) is 3.48. The van der Waals surface area contributed by atoms with Gasteiger partial charge in [-0.3, -0.25) is 4.79 Å². The van der Waals surface area contributed by atoms with E-state index in [0.717, 1.165) is 35.5 Å². The maximum absolute atomic E-state index is 13.1. The molecule has 156 valence electrons. The van der Waals surface area contributed by atoms with E-state index in [2.05, 4.69) is 11.0 Å². The van der Waals surface area contributed by atoms with Crippen molar-refractivity contribution in [1.29, 1.82) is 0 Å². The van der Waals surface area contributed by atoms with Gasteiger partial charge in [0.2, 0.25) is 6.29 Å². The molecule has 5 rings (SSSR count). The van der Waals surface area contributed by atoms with E-state index in [-0.39, 0.29) is 5.91 Å². The Morgan fingerprint density at radius 2 is 1.77 bits per heavy atom. The summed E-state index contributed by atoms with van der Waals surface area (Å²) in [6.07, 6.45) is -0.459. The van der Waals surface area contributed by atoms with Crippen LogP contribution < -0.4 is 9.64 Å². The first kappa shape index (κ1) is 19.0. The first-order chi connectivity index (χ1) is 14.7. The Morgan fingerprint density at radius 1 is 1.00 bits per heavy atom. The Bertz CT molecular complexity index is 1050. The molecule has 0 bridgehead atoms. The molecule has 2 aromatic carbocycles. The van der Waals surface area contributed by atoms with E-state index in [1.165, 1.54) is 0 Å². The number of benzene rings is 2. The Balaban J connectivity index is 1.28. The fraction of sp³-hybridized carbons (Fsp3) is 0.348. The molecular weight excluding hydrogens is 384 g/mol. The number of ether oxygens (including phenoxy) is 3. The number of methoxy groups -OCH3 is 1. The van der Waals surface area contributed by atoms with Crippen molar-refractivity contribution in [2.45, 2.75) is 6.29 Å². The van der Waals surface area contributed by atoms with Crippen molar-refractivity contribution in [2.75, 3.05) is 51.4 Å². The highest BCUT2D eigenvalue weighted by Gasteiger charge is 2.25. The van der Waals surface area contributed by atoms with Gasteiger partial charge in [0.25, 0.3) is 5.91 Å². The van der Waals surface area contributed by atoms with Gasteiger partial charge in [0.05, 0.1) is 26.0 Å². The molecule has 3 aromatic rings. The third-order valence-corrected chi connectivity index (χ3v) is 5.63. The molecule has 0 aliphatic carbocycles. The maximum atomic E-state index is 13.1. The summed E-state index contributed by atoms with van der Waals surface area (Å²) in [4.78, 5) is 17.2. The van der Waals surface area contributed by atoms with E-state index in [1.54, 1.807) is 7.11 Å². The van der Waals surface area contributed by atoms with Crippen molar-refractivity contribution in [2.24, 2.45) is 0 Å². The standard InChI is InChI=1S/C23H24N2O5/c1-27-20-5-3-2-4-18(20)24-8-10-25(11-9-24)22(26)16-6-7-19-17(14-16)15-21(30-19)23-28-12-13-29-23/h2-7,14-15,23H,8-13H2,1H3. The zero-order valence-electron chi connectivity index (χ0n) is 16.9. The molecule has 0 saturated carbocycles. The number of fused-ring (bicyclic) bond motifs is 1. The molecule has 2 aliphatic heterocycles. The van der Waals surface area contributed by atoms with Crippen LogP contribution in [0.15, 0.2) is 52.9 Å². The van der Waals surface area contributed by atoms with Crippen LogP contribution in [0.3, 0.4) is 0 Å². The van der Waals surface area contributed by atoms with Crippen LogP contribution in [0.25, 0.3) is 11.0 Å². The number of piperazine rings is 1. The van der Waals surface area contributed by atoms with Gasteiger partial charge < -0.3 is 28.4 Å². The molecule has 2 aliphatic rings. The number of carbonyl (C=O) groups is 1. The van der Waals surface area contributed by atoms with E-state index in [4.69, 9.17) is 18.6 Å². The monoisotopic (exact) mass is 408 g/mol. The largest absolute Gasteiger partial charge is 0.495 e. The number of amides is 1. The predicted molar refractivity (Wildman–Crippen MR) is 112 cm³/mol. The lowest BCUT2D eigenvalue weighted by Crippen LogP contribution is -2.48. The molecule has 1 amide bonds. The highest BCUT2D eigenvalue weighted by molar-refractivity contribution is 5.98. The normalized spacial score (nSPS) is 17.6. The number of para-hydroxylation sites is 2. The molecule has 7 heteroatoms. The zero-order chi connectivity index (χ0) is 20.5. The number of furan rings is 1. The van der Waals surface area contributed by atoms with Crippen molar-refractivity contribution in [3.63, 3.8) is 0 Å². The predicted octanol–water partition coefficient (Wildman–Crippen LogP) is 3.45. The van der Waals surface area contributed by atoms with Gasteiger partial charge in [0.1, 0.15) is 11.3 Å². The summed E-state index contributed by atoms with van der Waals surface area (Å²) in [6, 6.07) is 15.4. The van der Waals surface area contributed by atoms with E-state index in [0.29, 0.717) is 37.6 Å². The molecule has 30 heavy (non-hydrogen) atoms. The molecule has 3 heterocycles. The third-order valence-electron chi connectivity index (χ3n) is 5.63. The van der Waals surface area contributed by atoms with Gasteiger partial charge >= 0.3 is 0 Å². The second-order valence-corrected chi connectivity index (χ2v) is 7.43. The van der Waals surface area contributed by atoms with Crippen molar-refractivity contribution < 1.29 is 23.4 Å². The average molecular weight is 408 g/mol. The quantitative estimate of drug-likeness (QED) is 0.659. The molecule has 0 atom stereocenters. The van der Waals surface area contributed by atoms with E-state index >= 15 is 0 Å². The van der Waals surface area contributed by atoms with Gasteiger partial charge in [-0.15, -0.1) is 0 Å². The van der Waals surface area contributed by atoms with Crippen LogP contribution in [-0.4, -0.2) is 57.3 Å². The van der Waals surface area contributed by atoms with E-state index in [1.807, 2.05) is 47.4 Å². The number of hydrogen-bond donors (Lipinski definition) is 0. The van der Waals surface area contributed by atoms with Crippen LogP contribution >= 0.6 is 0 Å². The van der Waals surface area contributed by atoms with E-state index < -0.39 is 6.29 Å².